The lowest BCUT2D eigenvalue weighted by molar-refractivity contribution is -0.141. The highest BCUT2D eigenvalue weighted by Crippen LogP contribution is 2.38. The molecular formula is C24H19F3N4O4. The highest BCUT2D eigenvalue weighted by molar-refractivity contribution is 6.07. The molecule has 0 aliphatic rings. The largest absolute Gasteiger partial charge is 0.465 e. The van der Waals surface area contributed by atoms with Gasteiger partial charge in [-0.05, 0) is 18.2 Å². The molecule has 0 spiro atoms. The molecule has 0 unspecified atom stereocenters. The Balaban J connectivity index is 2.04. The van der Waals surface area contributed by atoms with E-state index in [9.17, 15) is 22.8 Å². The minimum Gasteiger partial charge on any atom is -0.465 e. The van der Waals surface area contributed by atoms with Crippen molar-refractivity contribution in [3.63, 3.8) is 0 Å². The monoisotopic (exact) mass is 484 g/mol. The average molecular weight is 484 g/mol. The molecule has 0 aliphatic carbocycles. The number of aromatic nitrogens is 4. The van der Waals surface area contributed by atoms with E-state index in [1.54, 1.807) is 54.6 Å². The molecule has 11 heteroatoms. The van der Waals surface area contributed by atoms with Crippen molar-refractivity contribution in [1.82, 2.24) is 19.6 Å². The van der Waals surface area contributed by atoms with Crippen LogP contribution in [0, 0.1) is 0 Å². The Hall–Kier alpha value is -4.41. The van der Waals surface area contributed by atoms with Crippen molar-refractivity contribution < 1.29 is 32.2 Å². The SMILES string of the molecule is COC(=O)c1c(-c2ccccc2-c2cc(C(F)(F)F)nn2C)nn(-c2ccccc2)c1C(=O)OC. The number of hydrogen-bond acceptors (Lipinski definition) is 6. The Morgan fingerprint density at radius 2 is 1.46 bits per heavy atom. The molecule has 4 aromatic rings. The summed E-state index contributed by atoms with van der Waals surface area (Å²) in [6, 6.07) is 15.9. The maximum Gasteiger partial charge on any atom is 0.435 e. The van der Waals surface area contributed by atoms with Crippen LogP contribution in [0.25, 0.3) is 28.2 Å². The summed E-state index contributed by atoms with van der Waals surface area (Å²) in [7, 11) is 3.69. The maximum atomic E-state index is 13.3. The van der Waals surface area contributed by atoms with Gasteiger partial charge in [-0.15, -0.1) is 0 Å². The number of rotatable bonds is 5. The van der Waals surface area contributed by atoms with Gasteiger partial charge in [0, 0.05) is 18.2 Å². The first-order valence-electron chi connectivity index (χ1n) is 10.2. The number of carbonyl (C=O) groups is 2. The molecule has 0 bridgehead atoms. The molecule has 0 atom stereocenters. The van der Waals surface area contributed by atoms with Gasteiger partial charge in [0.15, 0.2) is 11.4 Å². The van der Waals surface area contributed by atoms with Crippen LogP contribution in [-0.2, 0) is 22.7 Å². The molecule has 0 aliphatic heterocycles. The van der Waals surface area contributed by atoms with Crippen molar-refractivity contribution >= 4 is 11.9 Å². The van der Waals surface area contributed by atoms with Gasteiger partial charge in [-0.25, -0.2) is 14.3 Å². The third kappa shape index (κ3) is 4.27. The topological polar surface area (TPSA) is 88.2 Å². The summed E-state index contributed by atoms with van der Waals surface area (Å²) in [5.74, 6) is -1.70. The quantitative estimate of drug-likeness (QED) is 0.387. The third-order valence-electron chi connectivity index (χ3n) is 5.28. The molecule has 0 saturated carbocycles. The molecule has 0 amide bonds. The predicted octanol–water partition coefficient (Wildman–Crippen LogP) is 4.53. The summed E-state index contributed by atoms with van der Waals surface area (Å²) in [5, 5.41) is 8.10. The van der Waals surface area contributed by atoms with Crippen molar-refractivity contribution in [2.45, 2.75) is 6.18 Å². The van der Waals surface area contributed by atoms with E-state index in [4.69, 9.17) is 9.47 Å². The van der Waals surface area contributed by atoms with Gasteiger partial charge in [-0.1, -0.05) is 42.5 Å². The summed E-state index contributed by atoms with van der Waals surface area (Å²) < 4.78 is 52.1. The van der Waals surface area contributed by atoms with Gasteiger partial charge in [0.1, 0.15) is 11.3 Å². The highest BCUT2D eigenvalue weighted by atomic mass is 19.4. The van der Waals surface area contributed by atoms with Gasteiger partial charge in [0.2, 0.25) is 0 Å². The first-order chi connectivity index (χ1) is 16.7. The Bertz CT molecular complexity index is 1410. The van der Waals surface area contributed by atoms with Gasteiger partial charge in [-0.3, -0.25) is 4.68 Å². The maximum absolute atomic E-state index is 13.3. The molecule has 0 radical (unpaired) electrons. The number of esters is 2. The van der Waals surface area contributed by atoms with Crippen molar-refractivity contribution in [1.29, 1.82) is 0 Å². The van der Waals surface area contributed by atoms with Crippen molar-refractivity contribution in [3.05, 3.63) is 77.6 Å². The van der Waals surface area contributed by atoms with E-state index < -0.39 is 23.8 Å². The fourth-order valence-corrected chi connectivity index (χ4v) is 3.71. The molecule has 180 valence electrons. The fraction of sp³-hybridized carbons (Fsp3) is 0.167. The normalized spacial score (nSPS) is 11.4. The number of methoxy groups -OCH3 is 2. The van der Waals surface area contributed by atoms with Gasteiger partial charge in [0.25, 0.3) is 0 Å². The zero-order valence-electron chi connectivity index (χ0n) is 18.8. The number of alkyl halides is 3. The van der Waals surface area contributed by atoms with Crippen LogP contribution >= 0.6 is 0 Å². The van der Waals surface area contributed by atoms with E-state index in [1.807, 2.05) is 0 Å². The Morgan fingerprint density at radius 1 is 0.857 bits per heavy atom. The lowest BCUT2D eigenvalue weighted by Crippen LogP contribution is -2.15. The predicted molar refractivity (Wildman–Crippen MR) is 119 cm³/mol. The fourth-order valence-electron chi connectivity index (χ4n) is 3.71. The van der Waals surface area contributed by atoms with E-state index in [0.29, 0.717) is 16.8 Å². The summed E-state index contributed by atoms with van der Waals surface area (Å²) >= 11 is 0. The third-order valence-corrected chi connectivity index (χ3v) is 5.28. The van der Waals surface area contributed by atoms with E-state index in [0.717, 1.165) is 25.0 Å². The number of nitrogens with zero attached hydrogens (tertiary/aromatic N) is 4. The molecule has 0 N–H and O–H groups in total. The van der Waals surface area contributed by atoms with Crippen molar-refractivity contribution in [3.8, 4) is 28.2 Å². The minimum atomic E-state index is -4.64. The molecule has 4 rings (SSSR count). The number of benzene rings is 2. The Labute approximate surface area is 197 Å². The molecule has 2 aromatic heterocycles. The van der Waals surface area contributed by atoms with Crippen LogP contribution in [-0.4, -0.2) is 45.7 Å². The second-order valence-corrected chi connectivity index (χ2v) is 7.38. The zero-order chi connectivity index (χ0) is 25.3. The minimum absolute atomic E-state index is 0.0338. The molecule has 2 aromatic carbocycles. The lowest BCUT2D eigenvalue weighted by Gasteiger charge is -2.09. The molecule has 0 fully saturated rings. The number of carbonyl (C=O) groups excluding carboxylic acids is 2. The molecule has 8 nitrogen and oxygen atoms in total. The number of halogens is 3. The summed E-state index contributed by atoms with van der Waals surface area (Å²) in [4.78, 5) is 25.7. The first kappa shape index (κ1) is 23.7. The van der Waals surface area contributed by atoms with Crippen LogP contribution in [0.3, 0.4) is 0 Å². The smallest absolute Gasteiger partial charge is 0.435 e. The number of para-hydroxylation sites is 1. The van der Waals surface area contributed by atoms with E-state index >= 15 is 0 Å². The van der Waals surface area contributed by atoms with Crippen LogP contribution in [0.4, 0.5) is 13.2 Å². The molecule has 0 saturated heterocycles. The standard InChI is InChI=1S/C24H19F3N4O4/c1-30-17(13-18(28-30)24(25,26)27)15-11-7-8-12-16(15)20-19(22(32)34-2)21(23(33)35-3)31(29-20)14-9-5-4-6-10-14/h4-13H,1-3H3. The van der Waals surface area contributed by atoms with Crippen LogP contribution in [0.15, 0.2) is 60.7 Å². The Kier molecular flexibility index (Phi) is 6.16. The average Bonchev–Trinajstić information content (AvgIpc) is 3.45. The number of aryl methyl sites for hydroxylation is 1. The molecular weight excluding hydrogens is 465 g/mol. The van der Waals surface area contributed by atoms with Crippen molar-refractivity contribution in [2.24, 2.45) is 7.05 Å². The van der Waals surface area contributed by atoms with Gasteiger partial charge in [-0.2, -0.15) is 23.4 Å². The zero-order valence-corrected chi connectivity index (χ0v) is 18.8. The second-order valence-electron chi connectivity index (χ2n) is 7.38. The van der Waals surface area contributed by atoms with Crippen molar-refractivity contribution in [2.75, 3.05) is 14.2 Å². The molecule has 2 heterocycles. The van der Waals surface area contributed by atoms with E-state index in [-0.39, 0.29) is 22.6 Å². The van der Waals surface area contributed by atoms with Crippen LogP contribution in [0.2, 0.25) is 0 Å². The first-order valence-corrected chi connectivity index (χ1v) is 10.2. The van der Waals surface area contributed by atoms with Crippen LogP contribution < -0.4 is 0 Å². The second kappa shape index (κ2) is 9.09. The lowest BCUT2D eigenvalue weighted by atomic mass is 9.98. The summed E-state index contributed by atoms with van der Waals surface area (Å²) in [5.41, 5.74) is -0.194. The van der Waals surface area contributed by atoms with Gasteiger partial charge >= 0.3 is 18.1 Å². The molecule has 35 heavy (non-hydrogen) atoms. The van der Waals surface area contributed by atoms with E-state index in [1.165, 1.54) is 11.7 Å². The van der Waals surface area contributed by atoms with Gasteiger partial charge < -0.3 is 9.47 Å². The van der Waals surface area contributed by atoms with Gasteiger partial charge in [0.05, 0.1) is 25.6 Å². The summed E-state index contributed by atoms with van der Waals surface area (Å²) in [6.45, 7) is 0. The van der Waals surface area contributed by atoms with Crippen LogP contribution in [0.5, 0.6) is 0 Å². The van der Waals surface area contributed by atoms with Crippen LogP contribution in [0.1, 0.15) is 26.5 Å². The highest BCUT2D eigenvalue weighted by Gasteiger charge is 2.36. The summed E-state index contributed by atoms with van der Waals surface area (Å²) in [6.07, 6.45) is -4.64. The number of hydrogen-bond donors (Lipinski definition) is 0. The van der Waals surface area contributed by atoms with E-state index in [2.05, 4.69) is 10.2 Å². The number of ether oxygens (including phenoxy) is 2. The Morgan fingerprint density at radius 3 is 2.03 bits per heavy atom.